The highest BCUT2D eigenvalue weighted by molar-refractivity contribution is 6.74. The number of hydrogen-bond donors (Lipinski definition) is 3. The molecule has 26 heavy (non-hydrogen) atoms. The Kier molecular flexibility index (Phi) is 7.71. The van der Waals surface area contributed by atoms with E-state index in [0.717, 1.165) is 6.42 Å². The van der Waals surface area contributed by atoms with Gasteiger partial charge in [0.25, 0.3) is 0 Å². The lowest BCUT2D eigenvalue weighted by Gasteiger charge is -2.36. The molecule has 6 nitrogen and oxygen atoms in total. The summed E-state index contributed by atoms with van der Waals surface area (Å²) in [7, 11) is -1.76. The van der Waals surface area contributed by atoms with Crippen molar-refractivity contribution in [2.75, 3.05) is 30.8 Å². The first kappa shape index (κ1) is 22.0. The molecular weight excluding hydrogens is 346 g/mol. The predicted molar refractivity (Wildman–Crippen MR) is 111 cm³/mol. The van der Waals surface area contributed by atoms with Gasteiger partial charge in [0.15, 0.2) is 8.32 Å². The third-order valence-electron chi connectivity index (χ3n) is 4.66. The quantitative estimate of drug-likeness (QED) is 0.249. The summed E-state index contributed by atoms with van der Waals surface area (Å²) in [4.78, 5) is 11.5. The van der Waals surface area contributed by atoms with Crippen LogP contribution in [-0.4, -0.2) is 34.0 Å². The van der Waals surface area contributed by atoms with Crippen molar-refractivity contribution in [1.82, 2.24) is 0 Å². The molecule has 0 heterocycles. The zero-order valence-electron chi connectivity index (χ0n) is 16.6. The smallest absolute Gasteiger partial charge is 0.248 e. The van der Waals surface area contributed by atoms with Crippen molar-refractivity contribution in [2.45, 2.75) is 45.3 Å². The number of nitrogens with two attached hydrogens (primary N) is 2. The second-order valence-corrected chi connectivity index (χ2v) is 12.6. The SMILES string of the molecule is C=CCNc1c(N)cc(C(N)=O)cc1OCCCO[Si](C)(C)C(C)(C)C. The Morgan fingerprint density at radius 3 is 2.50 bits per heavy atom. The molecule has 0 aliphatic rings. The van der Waals surface area contributed by atoms with E-state index in [4.69, 9.17) is 20.6 Å². The van der Waals surface area contributed by atoms with Crippen molar-refractivity contribution >= 4 is 25.6 Å². The molecule has 1 rings (SSSR count). The van der Waals surface area contributed by atoms with E-state index in [2.05, 4.69) is 45.8 Å². The summed E-state index contributed by atoms with van der Waals surface area (Å²) in [5.74, 6) is -0.0361. The molecule has 0 bridgehead atoms. The molecular formula is C19H33N3O3Si. The van der Waals surface area contributed by atoms with Crippen molar-refractivity contribution in [3.05, 3.63) is 30.4 Å². The first-order valence-electron chi connectivity index (χ1n) is 8.84. The maximum atomic E-state index is 11.5. The van der Waals surface area contributed by atoms with Gasteiger partial charge in [0.05, 0.1) is 12.3 Å². The summed E-state index contributed by atoms with van der Waals surface area (Å²) >= 11 is 0. The first-order valence-corrected chi connectivity index (χ1v) is 11.8. The van der Waals surface area contributed by atoms with E-state index < -0.39 is 14.2 Å². The molecule has 1 amide bonds. The standard InChI is InChI=1S/C19H33N3O3Si/c1-7-9-22-17-15(20)12-14(18(21)23)13-16(17)24-10-8-11-25-26(5,6)19(2,3)4/h7,12-13,22H,1,8-11,20H2,2-6H3,(H2,21,23). The Morgan fingerprint density at radius 1 is 1.31 bits per heavy atom. The number of ether oxygens (including phenoxy) is 1. The van der Waals surface area contributed by atoms with Crippen LogP contribution >= 0.6 is 0 Å². The summed E-state index contributed by atoms with van der Waals surface area (Å²) in [6.07, 6.45) is 2.46. The molecule has 0 spiro atoms. The second kappa shape index (κ2) is 9.09. The van der Waals surface area contributed by atoms with Crippen molar-refractivity contribution in [1.29, 1.82) is 0 Å². The second-order valence-electron chi connectivity index (χ2n) is 7.78. The minimum Gasteiger partial charge on any atom is -0.491 e. The number of carbonyl (C=O) groups excluding carboxylic acids is 1. The number of anilines is 2. The van der Waals surface area contributed by atoms with Gasteiger partial charge >= 0.3 is 0 Å². The minimum atomic E-state index is -1.76. The van der Waals surface area contributed by atoms with Gasteiger partial charge in [0, 0.05) is 25.1 Å². The van der Waals surface area contributed by atoms with Crippen molar-refractivity contribution < 1.29 is 14.0 Å². The van der Waals surface area contributed by atoms with Crippen LogP contribution in [0.1, 0.15) is 37.6 Å². The van der Waals surface area contributed by atoms with Crippen LogP contribution < -0.4 is 21.5 Å². The summed E-state index contributed by atoms with van der Waals surface area (Å²) in [5, 5.41) is 3.32. The fraction of sp³-hybridized carbons (Fsp3) is 0.526. The molecule has 1 aromatic carbocycles. The molecule has 0 aliphatic heterocycles. The van der Waals surface area contributed by atoms with Crippen LogP contribution in [0.15, 0.2) is 24.8 Å². The predicted octanol–water partition coefficient (Wildman–Crippen LogP) is 3.76. The Morgan fingerprint density at radius 2 is 1.96 bits per heavy atom. The van der Waals surface area contributed by atoms with Crippen LogP contribution in [0.3, 0.4) is 0 Å². The van der Waals surface area contributed by atoms with Crippen LogP contribution in [0.4, 0.5) is 11.4 Å². The highest BCUT2D eigenvalue weighted by Crippen LogP contribution is 2.36. The van der Waals surface area contributed by atoms with Crippen LogP contribution in [0, 0.1) is 0 Å². The van der Waals surface area contributed by atoms with Gasteiger partial charge in [-0.15, -0.1) is 6.58 Å². The molecule has 0 fully saturated rings. The molecule has 1 aromatic rings. The van der Waals surface area contributed by atoms with E-state index in [-0.39, 0.29) is 5.04 Å². The molecule has 7 heteroatoms. The number of rotatable bonds is 10. The zero-order valence-corrected chi connectivity index (χ0v) is 17.6. The monoisotopic (exact) mass is 379 g/mol. The van der Waals surface area contributed by atoms with Crippen molar-refractivity contribution in [2.24, 2.45) is 5.73 Å². The largest absolute Gasteiger partial charge is 0.491 e. The Hall–Kier alpha value is -1.99. The topological polar surface area (TPSA) is 99.6 Å². The van der Waals surface area contributed by atoms with Crippen molar-refractivity contribution in [3.63, 3.8) is 0 Å². The van der Waals surface area contributed by atoms with Gasteiger partial charge in [0.2, 0.25) is 5.91 Å². The molecule has 0 aliphatic carbocycles. The minimum absolute atomic E-state index is 0.180. The first-order chi connectivity index (χ1) is 12.0. The van der Waals surface area contributed by atoms with E-state index in [0.29, 0.717) is 42.4 Å². The van der Waals surface area contributed by atoms with Gasteiger partial charge in [-0.3, -0.25) is 4.79 Å². The number of hydrogen-bond acceptors (Lipinski definition) is 5. The number of nitrogens with one attached hydrogen (secondary N) is 1. The fourth-order valence-corrected chi connectivity index (χ4v) is 3.13. The third kappa shape index (κ3) is 6.07. The number of carbonyl (C=O) groups is 1. The average Bonchev–Trinajstić information content (AvgIpc) is 2.52. The Bertz CT molecular complexity index is 640. The van der Waals surface area contributed by atoms with Crippen LogP contribution in [-0.2, 0) is 4.43 Å². The number of primary amides is 1. The van der Waals surface area contributed by atoms with Gasteiger partial charge in [-0.05, 0) is 30.3 Å². The summed E-state index contributed by atoms with van der Waals surface area (Å²) in [6, 6.07) is 3.15. The molecule has 0 saturated carbocycles. The molecule has 5 N–H and O–H groups in total. The number of nitrogen functional groups attached to an aromatic ring is 1. The van der Waals surface area contributed by atoms with Crippen LogP contribution in [0.25, 0.3) is 0 Å². The highest BCUT2D eigenvalue weighted by atomic mass is 28.4. The van der Waals surface area contributed by atoms with Crippen LogP contribution in [0.5, 0.6) is 5.75 Å². The molecule has 0 radical (unpaired) electrons. The van der Waals surface area contributed by atoms with Crippen LogP contribution in [0.2, 0.25) is 18.1 Å². The van der Waals surface area contributed by atoms with Gasteiger partial charge in [-0.25, -0.2) is 0 Å². The molecule has 0 unspecified atom stereocenters. The maximum Gasteiger partial charge on any atom is 0.248 e. The van der Waals surface area contributed by atoms with E-state index in [1.54, 1.807) is 18.2 Å². The lowest BCUT2D eigenvalue weighted by atomic mass is 10.1. The van der Waals surface area contributed by atoms with E-state index in [9.17, 15) is 4.79 Å². The van der Waals surface area contributed by atoms with Gasteiger partial charge in [0.1, 0.15) is 11.4 Å². The van der Waals surface area contributed by atoms with Gasteiger partial charge in [-0.1, -0.05) is 26.8 Å². The number of amides is 1. The molecule has 0 aromatic heterocycles. The maximum absolute atomic E-state index is 11.5. The summed E-state index contributed by atoms with van der Waals surface area (Å²) < 4.78 is 12.0. The zero-order chi connectivity index (χ0) is 20.0. The molecule has 0 saturated heterocycles. The lowest BCUT2D eigenvalue weighted by Crippen LogP contribution is -2.41. The Balaban J connectivity index is 2.73. The highest BCUT2D eigenvalue weighted by Gasteiger charge is 2.36. The average molecular weight is 380 g/mol. The summed E-state index contributed by atoms with van der Waals surface area (Å²) in [5.41, 5.74) is 12.8. The lowest BCUT2D eigenvalue weighted by molar-refractivity contribution is 0.1000. The molecule has 146 valence electrons. The number of benzene rings is 1. The normalized spacial score (nSPS) is 11.9. The van der Waals surface area contributed by atoms with Gasteiger partial charge in [-0.2, -0.15) is 0 Å². The van der Waals surface area contributed by atoms with E-state index in [1.165, 1.54) is 0 Å². The van der Waals surface area contributed by atoms with E-state index in [1.807, 2.05) is 0 Å². The third-order valence-corrected chi connectivity index (χ3v) is 9.19. The summed E-state index contributed by atoms with van der Waals surface area (Å²) in [6.45, 7) is 16.4. The van der Waals surface area contributed by atoms with E-state index >= 15 is 0 Å². The molecule has 0 atom stereocenters. The van der Waals surface area contributed by atoms with Gasteiger partial charge < -0.3 is 25.9 Å². The fourth-order valence-electron chi connectivity index (χ4n) is 2.04. The van der Waals surface area contributed by atoms with Crippen molar-refractivity contribution in [3.8, 4) is 5.75 Å². The Labute approximate surface area is 158 Å².